The fourth-order valence-corrected chi connectivity index (χ4v) is 3.84. The first kappa shape index (κ1) is 19.1. The molecule has 1 amide bonds. The maximum absolute atomic E-state index is 12.4. The maximum atomic E-state index is 12.4. The van der Waals surface area contributed by atoms with Gasteiger partial charge < -0.3 is 10.4 Å². The van der Waals surface area contributed by atoms with Gasteiger partial charge in [-0.3, -0.25) is 9.59 Å². The van der Waals surface area contributed by atoms with Crippen LogP contribution in [0.1, 0.15) is 35.2 Å². The smallest absolute Gasteiger partial charge is 0.303 e. The molecular weight excluding hydrogens is 368 g/mol. The minimum Gasteiger partial charge on any atom is -0.481 e. The summed E-state index contributed by atoms with van der Waals surface area (Å²) in [6.07, 6.45) is 2.10. The third-order valence-electron chi connectivity index (χ3n) is 4.14. The summed E-state index contributed by atoms with van der Waals surface area (Å²) in [4.78, 5) is 23.2. The van der Waals surface area contributed by atoms with Crippen molar-refractivity contribution < 1.29 is 23.1 Å². The molecule has 7 nitrogen and oxygen atoms in total. The van der Waals surface area contributed by atoms with Crippen LogP contribution < -0.4 is 10.0 Å². The SMILES string of the molecule is O=C(O)CCc1cccc(NC(=O)c2ccc(S(=O)(=O)NC3CC3)cc2)c1. The van der Waals surface area contributed by atoms with Crippen LogP contribution in [0.2, 0.25) is 0 Å². The van der Waals surface area contributed by atoms with Gasteiger partial charge in [0.2, 0.25) is 10.0 Å². The number of sulfonamides is 1. The number of amides is 1. The third-order valence-corrected chi connectivity index (χ3v) is 5.67. The number of hydrogen-bond donors (Lipinski definition) is 3. The first-order valence-corrected chi connectivity index (χ1v) is 10.1. The van der Waals surface area contributed by atoms with Crippen molar-refractivity contribution in [1.29, 1.82) is 0 Å². The van der Waals surface area contributed by atoms with Crippen molar-refractivity contribution in [2.45, 2.75) is 36.6 Å². The highest BCUT2D eigenvalue weighted by Gasteiger charge is 2.27. The molecule has 0 heterocycles. The van der Waals surface area contributed by atoms with Crippen LogP contribution in [0.3, 0.4) is 0 Å². The van der Waals surface area contributed by atoms with Gasteiger partial charge in [0.25, 0.3) is 5.91 Å². The third kappa shape index (κ3) is 5.38. The first-order valence-electron chi connectivity index (χ1n) is 8.58. The number of aryl methyl sites for hydroxylation is 1. The fourth-order valence-electron chi connectivity index (χ4n) is 2.53. The zero-order valence-corrected chi connectivity index (χ0v) is 15.3. The summed E-state index contributed by atoms with van der Waals surface area (Å²) in [7, 11) is -3.55. The summed E-state index contributed by atoms with van der Waals surface area (Å²) in [5.74, 6) is -1.25. The normalized spacial score (nSPS) is 13.9. The molecule has 0 aliphatic heterocycles. The predicted molar refractivity (Wildman–Crippen MR) is 100 cm³/mol. The Balaban J connectivity index is 1.66. The number of carboxylic acids is 1. The Morgan fingerprint density at radius 1 is 1.07 bits per heavy atom. The standard InChI is InChI=1S/C19H20N2O5S/c22-18(23)11-4-13-2-1-3-16(12-13)20-19(24)14-5-9-17(10-6-14)27(25,26)21-15-7-8-15/h1-3,5-6,9-10,12,15,21H,4,7-8,11H2,(H,20,24)(H,22,23). The number of anilines is 1. The summed E-state index contributed by atoms with van der Waals surface area (Å²) in [5.41, 5.74) is 1.69. The average molecular weight is 388 g/mol. The second-order valence-corrected chi connectivity index (χ2v) is 8.18. The number of carboxylic acid groups (broad SMARTS) is 1. The Kier molecular flexibility index (Phi) is 5.57. The molecule has 3 rings (SSSR count). The number of hydrogen-bond acceptors (Lipinski definition) is 4. The van der Waals surface area contributed by atoms with E-state index in [0.717, 1.165) is 18.4 Å². The number of rotatable bonds is 8. The molecule has 0 spiro atoms. The lowest BCUT2D eigenvalue weighted by Gasteiger charge is -2.09. The molecule has 8 heteroatoms. The van der Waals surface area contributed by atoms with E-state index in [-0.39, 0.29) is 23.3 Å². The molecule has 0 radical (unpaired) electrons. The van der Waals surface area contributed by atoms with Gasteiger partial charge in [0.05, 0.1) is 4.90 Å². The highest BCUT2D eigenvalue weighted by Crippen LogP contribution is 2.22. The lowest BCUT2D eigenvalue weighted by atomic mass is 10.1. The maximum Gasteiger partial charge on any atom is 0.303 e. The predicted octanol–water partition coefficient (Wildman–Crippen LogP) is 2.40. The molecule has 1 aliphatic rings. The molecule has 1 fully saturated rings. The molecule has 142 valence electrons. The quantitative estimate of drug-likeness (QED) is 0.643. The number of aliphatic carboxylic acids is 1. The Bertz CT molecular complexity index is 950. The minimum atomic E-state index is -3.55. The minimum absolute atomic E-state index is 0.0161. The van der Waals surface area contributed by atoms with Crippen LogP contribution in [0.4, 0.5) is 5.69 Å². The summed E-state index contributed by atoms with van der Waals surface area (Å²) >= 11 is 0. The lowest BCUT2D eigenvalue weighted by molar-refractivity contribution is -0.136. The first-order chi connectivity index (χ1) is 12.8. The molecule has 0 atom stereocenters. The van der Waals surface area contributed by atoms with Crippen LogP contribution in [0.5, 0.6) is 0 Å². The molecule has 0 saturated heterocycles. The zero-order chi connectivity index (χ0) is 19.4. The van der Waals surface area contributed by atoms with Gasteiger partial charge in [-0.05, 0) is 61.2 Å². The topological polar surface area (TPSA) is 113 Å². The average Bonchev–Trinajstić information content (AvgIpc) is 3.44. The van der Waals surface area contributed by atoms with Gasteiger partial charge in [0, 0.05) is 23.7 Å². The molecule has 27 heavy (non-hydrogen) atoms. The molecule has 2 aromatic rings. The highest BCUT2D eigenvalue weighted by atomic mass is 32.2. The Labute approximate surface area is 157 Å². The van der Waals surface area contributed by atoms with Crippen LogP contribution in [-0.4, -0.2) is 31.4 Å². The molecule has 0 bridgehead atoms. The van der Waals surface area contributed by atoms with Crippen molar-refractivity contribution in [2.75, 3.05) is 5.32 Å². The molecule has 1 saturated carbocycles. The molecule has 2 aromatic carbocycles. The largest absolute Gasteiger partial charge is 0.481 e. The van der Waals surface area contributed by atoms with Gasteiger partial charge in [-0.25, -0.2) is 13.1 Å². The number of carbonyl (C=O) groups is 2. The molecule has 0 unspecified atom stereocenters. The van der Waals surface area contributed by atoms with Gasteiger partial charge in [0.1, 0.15) is 0 Å². The van der Waals surface area contributed by atoms with Gasteiger partial charge in [-0.2, -0.15) is 0 Å². The van der Waals surface area contributed by atoms with E-state index in [1.165, 1.54) is 24.3 Å². The van der Waals surface area contributed by atoms with E-state index in [4.69, 9.17) is 5.11 Å². The van der Waals surface area contributed by atoms with Crippen molar-refractivity contribution in [1.82, 2.24) is 4.72 Å². The van der Waals surface area contributed by atoms with Gasteiger partial charge in [0.15, 0.2) is 0 Å². The van der Waals surface area contributed by atoms with Crippen molar-refractivity contribution in [3.63, 3.8) is 0 Å². The van der Waals surface area contributed by atoms with Gasteiger partial charge in [-0.15, -0.1) is 0 Å². The molecular formula is C19H20N2O5S. The van der Waals surface area contributed by atoms with Crippen LogP contribution in [0.25, 0.3) is 0 Å². The Morgan fingerprint density at radius 3 is 2.41 bits per heavy atom. The monoisotopic (exact) mass is 388 g/mol. The summed E-state index contributed by atoms with van der Waals surface area (Å²) in [5, 5.41) is 11.5. The van der Waals surface area contributed by atoms with E-state index in [0.29, 0.717) is 17.7 Å². The van der Waals surface area contributed by atoms with Gasteiger partial charge in [-0.1, -0.05) is 12.1 Å². The zero-order valence-electron chi connectivity index (χ0n) is 14.5. The van der Waals surface area contributed by atoms with E-state index < -0.39 is 16.0 Å². The number of benzene rings is 2. The number of carbonyl (C=O) groups excluding carboxylic acids is 1. The van der Waals surface area contributed by atoms with Gasteiger partial charge >= 0.3 is 5.97 Å². The van der Waals surface area contributed by atoms with E-state index in [2.05, 4.69) is 10.0 Å². The second-order valence-electron chi connectivity index (χ2n) is 6.47. The van der Waals surface area contributed by atoms with Crippen LogP contribution in [0, 0.1) is 0 Å². The van der Waals surface area contributed by atoms with Crippen molar-refractivity contribution in [3.8, 4) is 0 Å². The van der Waals surface area contributed by atoms with Crippen molar-refractivity contribution in [2.24, 2.45) is 0 Å². The second kappa shape index (κ2) is 7.89. The Morgan fingerprint density at radius 2 is 1.78 bits per heavy atom. The van der Waals surface area contributed by atoms with Crippen molar-refractivity contribution >= 4 is 27.6 Å². The molecule has 1 aliphatic carbocycles. The molecule has 3 N–H and O–H groups in total. The summed E-state index contributed by atoms with van der Waals surface area (Å²) < 4.78 is 26.9. The number of nitrogens with one attached hydrogen (secondary N) is 2. The van der Waals surface area contributed by atoms with Crippen molar-refractivity contribution in [3.05, 3.63) is 59.7 Å². The molecule has 0 aromatic heterocycles. The van der Waals surface area contributed by atoms with Crippen LogP contribution in [-0.2, 0) is 21.2 Å². The summed E-state index contributed by atoms with van der Waals surface area (Å²) in [6.45, 7) is 0. The van der Waals surface area contributed by atoms with Crippen LogP contribution in [0.15, 0.2) is 53.4 Å². The van der Waals surface area contributed by atoms with E-state index in [1.54, 1.807) is 24.3 Å². The Hall–Kier alpha value is -2.71. The van der Waals surface area contributed by atoms with E-state index >= 15 is 0 Å². The summed E-state index contributed by atoms with van der Waals surface area (Å²) in [6, 6.07) is 12.7. The van der Waals surface area contributed by atoms with Crippen LogP contribution >= 0.6 is 0 Å². The lowest BCUT2D eigenvalue weighted by Crippen LogP contribution is -2.25. The fraction of sp³-hybridized carbons (Fsp3) is 0.263. The van der Waals surface area contributed by atoms with E-state index in [1.807, 2.05) is 0 Å². The highest BCUT2D eigenvalue weighted by molar-refractivity contribution is 7.89. The van der Waals surface area contributed by atoms with E-state index in [9.17, 15) is 18.0 Å².